The van der Waals surface area contributed by atoms with E-state index in [-0.39, 0.29) is 16.8 Å². The van der Waals surface area contributed by atoms with Gasteiger partial charge in [-0.1, -0.05) is 11.3 Å². The molecule has 0 radical (unpaired) electrons. The Bertz CT molecular complexity index is 654. The minimum Gasteiger partial charge on any atom is -0.353 e. The Kier molecular flexibility index (Phi) is 4.10. The number of amides is 1. The van der Waals surface area contributed by atoms with Gasteiger partial charge >= 0.3 is 4.87 Å². The number of aromatic nitrogens is 1. The minimum absolute atomic E-state index is 0.0365. The highest BCUT2D eigenvalue weighted by Crippen LogP contribution is 2.61. The van der Waals surface area contributed by atoms with E-state index in [0.717, 1.165) is 23.4 Å². The van der Waals surface area contributed by atoms with E-state index in [2.05, 4.69) is 12.2 Å². The van der Waals surface area contributed by atoms with Crippen LogP contribution in [0.15, 0.2) is 10.2 Å². The summed E-state index contributed by atoms with van der Waals surface area (Å²) in [7, 11) is 0. The normalized spacial score (nSPS) is 35.2. The lowest BCUT2D eigenvalue weighted by Crippen LogP contribution is -2.55. The molecule has 4 saturated carbocycles. The molecule has 5 rings (SSSR count). The fourth-order valence-electron chi connectivity index (χ4n) is 6.06. The second-order valence-corrected chi connectivity index (χ2v) is 9.43. The Morgan fingerprint density at radius 2 is 1.88 bits per heavy atom. The van der Waals surface area contributed by atoms with Gasteiger partial charge < -0.3 is 9.88 Å². The molecule has 24 heavy (non-hydrogen) atoms. The van der Waals surface area contributed by atoms with Crippen molar-refractivity contribution >= 4 is 17.2 Å². The predicted molar refractivity (Wildman–Crippen MR) is 96.1 cm³/mol. The summed E-state index contributed by atoms with van der Waals surface area (Å²) in [4.78, 5) is 24.2. The van der Waals surface area contributed by atoms with Crippen molar-refractivity contribution in [3.05, 3.63) is 20.7 Å². The average Bonchev–Trinajstić information content (AvgIpc) is 2.82. The molecule has 4 bridgehead atoms. The van der Waals surface area contributed by atoms with Crippen molar-refractivity contribution in [2.24, 2.45) is 23.2 Å². The first-order valence-electron chi connectivity index (χ1n) is 9.39. The number of carbonyl (C=O) groups excluding carboxylic acids is 1. The first kappa shape index (κ1) is 16.4. The lowest BCUT2D eigenvalue weighted by Gasteiger charge is -2.59. The lowest BCUT2D eigenvalue weighted by atomic mass is 9.48. The van der Waals surface area contributed by atoms with Gasteiger partial charge in [0.25, 0.3) is 0 Å². The highest BCUT2D eigenvalue weighted by molar-refractivity contribution is 7.07. The molecule has 1 aromatic rings. The summed E-state index contributed by atoms with van der Waals surface area (Å²) in [6.45, 7) is 4.63. The summed E-state index contributed by atoms with van der Waals surface area (Å²) in [5.74, 6) is 2.81. The van der Waals surface area contributed by atoms with Gasteiger partial charge in [0.2, 0.25) is 5.91 Å². The van der Waals surface area contributed by atoms with E-state index < -0.39 is 0 Å². The summed E-state index contributed by atoms with van der Waals surface area (Å²) in [5, 5.41) is 5.15. The van der Waals surface area contributed by atoms with Crippen LogP contribution in [0.4, 0.5) is 0 Å². The molecular weight excluding hydrogens is 320 g/mol. The third-order valence-corrected chi connectivity index (χ3v) is 7.80. The third-order valence-electron chi connectivity index (χ3n) is 6.92. The van der Waals surface area contributed by atoms with Gasteiger partial charge in [-0.05, 0) is 75.5 Å². The Labute approximate surface area is 147 Å². The van der Waals surface area contributed by atoms with Gasteiger partial charge in [0.15, 0.2) is 0 Å². The van der Waals surface area contributed by atoms with Crippen LogP contribution in [0.2, 0.25) is 0 Å². The van der Waals surface area contributed by atoms with Gasteiger partial charge in [-0.25, -0.2) is 0 Å². The van der Waals surface area contributed by atoms with Crippen LogP contribution in [-0.4, -0.2) is 16.5 Å². The smallest absolute Gasteiger partial charge is 0.307 e. The fourth-order valence-corrected chi connectivity index (χ4v) is 6.82. The quantitative estimate of drug-likeness (QED) is 0.887. The Hall–Kier alpha value is -1.10. The summed E-state index contributed by atoms with van der Waals surface area (Å²) < 4.78 is 1.71. The van der Waals surface area contributed by atoms with Crippen molar-refractivity contribution in [2.75, 3.05) is 0 Å². The van der Waals surface area contributed by atoms with Gasteiger partial charge in [-0.15, -0.1) is 0 Å². The molecule has 132 valence electrons. The van der Waals surface area contributed by atoms with Crippen molar-refractivity contribution in [2.45, 2.75) is 71.4 Å². The monoisotopic (exact) mass is 348 g/mol. The molecule has 1 N–H and O–H groups in total. The van der Waals surface area contributed by atoms with E-state index in [9.17, 15) is 9.59 Å². The molecule has 1 amide bonds. The largest absolute Gasteiger partial charge is 0.353 e. The van der Waals surface area contributed by atoms with Crippen molar-refractivity contribution in [3.63, 3.8) is 0 Å². The summed E-state index contributed by atoms with van der Waals surface area (Å²) in [5.41, 5.74) is 1.30. The average molecular weight is 349 g/mol. The minimum atomic E-state index is 0.0365. The molecule has 0 saturated heterocycles. The van der Waals surface area contributed by atoms with Crippen LogP contribution in [0.3, 0.4) is 0 Å². The number of nitrogens with zero attached hydrogens (tertiary/aromatic N) is 1. The summed E-state index contributed by atoms with van der Waals surface area (Å²) in [6, 6.07) is 0.263. The maximum atomic E-state index is 12.4. The van der Waals surface area contributed by atoms with E-state index >= 15 is 0 Å². The summed E-state index contributed by atoms with van der Waals surface area (Å²) >= 11 is 1.21. The molecular formula is C19H28N2O2S. The number of hydrogen-bond donors (Lipinski definition) is 1. The van der Waals surface area contributed by atoms with Crippen LogP contribution in [0.1, 0.15) is 57.6 Å². The zero-order valence-corrected chi connectivity index (χ0v) is 15.5. The van der Waals surface area contributed by atoms with Gasteiger partial charge in [0.05, 0.1) is 0 Å². The molecule has 5 heteroatoms. The van der Waals surface area contributed by atoms with E-state index in [4.69, 9.17) is 0 Å². The number of rotatable bonds is 5. The Morgan fingerprint density at radius 1 is 1.29 bits per heavy atom. The maximum absolute atomic E-state index is 12.4. The Balaban J connectivity index is 1.37. The van der Waals surface area contributed by atoms with Gasteiger partial charge in [-0.3, -0.25) is 9.59 Å². The van der Waals surface area contributed by atoms with E-state index in [0.29, 0.717) is 18.4 Å². The number of nitrogens with one attached hydrogen (secondary N) is 1. The molecule has 4 aliphatic rings. The maximum Gasteiger partial charge on any atom is 0.307 e. The predicted octanol–water partition coefficient (Wildman–Crippen LogP) is 3.33. The van der Waals surface area contributed by atoms with Crippen molar-refractivity contribution < 1.29 is 4.79 Å². The van der Waals surface area contributed by atoms with Gasteiger partial charge in [-0.2, -0.15) is 0 Å². The second kappa shape index (κ2) is 6.01. The molecule has 4 fully saturated rings. The highest BCUT2D eigenvalue weighted by Gasteiger charge is 2.53. The van der Waals surface area contributed by atoms with Crippen LogP contribution in [0.25, 0.3) is 0 Å². The molecule has 4 nitrogen and oxygen atoms in total. The number of carbonyl (C=O) groups is 1. The topological polar surface area (TPSA) is 51.1 Å². The SMILES string of the molecule is Cc1csc(=O)n1CCC(=O)N[C@H](C)C12CC3CC(CC(C3)C1)C2. The van der Waals surface area contributed by atoms with Crippen LogP contribution in [-0.2, 0) is 11.3 Å². The molecule has 0 aromatic carbocycles. The van der Waals surface area contributed by atoms with Crippen LogP contribution in [0, 0.1) is 30.1 Å². The van der Waals surface area contributed by atoms with Crippen LogP contribution in [0.5, 0.6) is 0 Å². The number of aryl methyl sites for hydroxylation is 1. The fraction of sp³-hybridized carbons (Fsp3) is 0.789. The third kappa shape index (κ3) is 2.85. The highest BCUT2D eigenvalue weighted by atomic mass is 32.1. The first-order chi connectivity index (χ1) is 11.4. The summed E-state index contributed by atoms with van der Waals surface area (Å²) in [6.07, 6.45) is 8.62. The van der Waals surface area contributed by atoms with Crippen LogP contribution < -0.4 is 10.2 Å². The standard InChI is InChI=1S/C19H28N2O2S/c1-12-11-24-18(23)21(12)4-3-17(22)20-13(2)19-8-14-5-15(9-19)7-16(6-14)10-19/h11,13-16H,3-10H2,1-2H3,(H,20,22)/t13-,14?,15?,16?,19?/m1/s1. The van der Waals surface area contributed by atoms with E-state index in [1.807, 2.05) is 12.3 Å². The second-order valence-electron chi connectivity index (χ2n) is 8.61. The number of hydrogen-bond acceptors (Lipinski definition) is 3. The lowest BCUT2D eigenvalue weighted by molar-refractivity contribution is -0.126. The molecule has 1 aromatic heterocycles. The first-order valence-corrected chi connectivity index (χ1v) is 10.3. The molecule has 4 aliphatic carbocycles. The van der Waals surface area contributed by atoms with Crippen molar-refractivity contribution in [1.82, 2.24) is 9.88 Å². The van der Waals surface area contributed by atoms with Gasteiger partial charge in [0, 0.05) is 30.1 Å². The van der Waals surface area contributed by atoms with E-state index in [1.54, 1.807) is 4.57 Å². The molecule has 1 heterocycles. The van der Waals surface area contributed by atoms with Crippen molar-refractivity contribution in [1.29, 1.82) is 0 Å². The number of thiazole rings is 1. The molecule has 0 unspecified atom stereocenters. The van der Waals surface area contributed by atoms with Crippen LogP contribution >= 0.6 is 11.3 Å². The molecule has 0 aliphatic heterocycles. The Morgan fingerprint density at radius 3 is 2.38 bits per heavy atom. The van der Waals surface area contributed by atoms with E-state index in [1.165, 1.54) is 49.9 Å². The van der Waals surface area contributed by atoms with Crippen molar-refractivity contribution in [3.8, 4) is 0 Å². The molecule has 0 spiro atoms. The van der Waals surface area contributed by atoms with Gasteiger partial charge in [0.1, 0.15) is 0 Å². The zero-order valence-electron chi connectivity index (χ0n) is 14.7. The molecule has 1 atom stereocenters. The zero-order chi connectivity index (χ0) is 16.9.